The minimum absolute atomic E-state index is 0.168. The second-order valence-electron chi connectivity index (χ2n) is 9.09. The second-order valence-corrected chi connectivity index (χ2v) is 10.8. The zero-order valence-corrected chi connectivity index (χ0v) is 21.7. The number of hydrogen-bond acceptors (Lipinski definition) is 6. The summed E-state index contributed by atoms with van der Waals surface area (Å²) in [7, 11) is 0. The van der Waals surface area contributed by atoms with E-state index < -0.39 is 0 Å². The fourth-order valence-corrected chi connectivity index (χ4v) is 6.13. The molecular formula is C29H24N4O2S2. The number of nitrogens with zero attached hydrogens (tertiary/aromatic N) is 4. The van der Waals surface area contributed by atoms with Gasteiger partial charge in [0.1, 0.15) is 15.8 Å². The van der Waals surface area contributed by atoms with Crippen LogP contribution in [0, 0.1) is 0 Å². The van der Waals surface area contributed by atoms with Crippen molar-refractivity contribution in [1.29, 1.82) is 0 Å². The van der Waals surface area contributed by atoms with Crippen LogP contribution in [0.3, 0.4) is 0 Å². The number of amides is 1. The molecule has 0 aliphatic carbocycles. The number of pyridine rings is 1. The number of thioether (sulfide) groups is 1. The van der Waals surface area contributed by atoms with Gasteiger partial charge in [-0.1, -0.05) is 84.6 Å². The summed E-state index contributed by atoms with van der Waals surface area (Å²) in [5, 5.41) is 0. The highest BCUT2D eigenvalue weighted by atomic mass is 32.2. The lowest BCUT2D eigenvalue weighted by Crippen LogP contribution is -2.34. The summed E-state index contributed by atoms with van der Waals surface area (Å²) in [5.41, 5.74) is 4.47. The molecule has 0 bridgehead atoms. The molecule has 1 amide bonds. The summed E-state index contributed by atoms with van der Waals surface area (Å²) in [5.74, 6) is 0.429. The van der Waals surface area contributed by atoms with Crippen molar-refractivity contribution in [2.24, 2.45) is 0 Å². The molecule has 184 valence electrons. The van der Waals surface area contributed by atoms with E-state index in [-0.39, 0.29) is 11.5 Å². The molecule has 0 N–H and O–H groups in total. The summed E-state index contributed by atoms with van der Waals surface area (Å²) in [6.45, 7) is 1.90. The highest BCUT2D eigenvalue weighted by molar-refractivity contribution is 8.26. The Morgan fingerprint density at radius 3 is 2.54 bits per heavy atom. The van der Waals surface area contributed by atoms with Gasteiger partial charge >= 0.3 is 0 Å². The fraction of sp³-hybridized carbons (Fsp3) is 0.172. The predicted molar refractivity (Wildman–Crippen MR) is 153 cm³/mol. The zero-order valence-electron chi connectivity index (χ0n) is 20.0. The molecule has 6 rings (SSSR count). The lowest BCUT2D eigenvalue weighted by atomic mass is 9.99. The molecule has 2 aliphatic heterocycles. The van der Waals surface area contributed by atoms with Gasteiger partial charge in [0.05, 0.1) is 10.5 Å². The van der Waals surface area contributed by atoms with E-state index in [0.29, 0.717) is 45.8 Å². The fourth-order valence-electron chi connectivity index (χ4n) is 4.84. The lowest BCUT2D eigenvalue weighted by Gasteiger charge is -2.30. The number of carbonyl (C=O) groups excluding carboxylic acids is 1. The number of rotatable bonds is 5. The van der Waals surface area contributed by atoms with Crippen molar-refractivity contribution in [3.05, 3.63) is 117 Å². The molecule has 2 aromatic carbocycles. The molecular weight excluding hydrogens is 500 g/mol. The van der Waals surface area contributed by atoms with E-state index in [1.54, 1.807) is 23.2 Å². The molecule has 1 fully saturated rings. The molecule has 6 nitrogen and oxygen atoms in total. The average Bonchev–Trinajstić information content (AvgIpc) is 3.20. The summed E-state index contributed by atoms with van der Waals surface area (Å²) in [6.07, 6.45) is 4.97. The molecule has 8 heteroatoms. The Labute approximate surface area is 224 Å². The maximum absolute atomic E-state index is 13.7. The highest BCUT2D eigenvalue weighted by Crippen LogP contribution is 2.34. The van der Waals surface area contributed by atoms with E-state index in [2.05, 4.69) is 23.1 Å². The van der Waals surface area contributed by atoms with Crippen LogP contribution in [0.1, 0.15) is 22.3 Å². The van der Waals surface area contributed by atoms with Crippen LogP contribution in [0.2, 0.25) is 0 Å². The number of thiocarbonyl (C=S) groups is 1. The Bertz CT molecular complexity index is 1610. The number of carbonyl (C=O) groups is 1. The standard InChI is InChI=1S/C29H24N4O2S2/c34-27-23(18-24-28(35)33(29(36)37-24)17-13-20-8-2-1-3-9-20)26(30-25-12-6-7-15-32(25)27)31-16-14-21-10-4-5-11-22(21)19-31/h1-12,15,18H,13-14,16-17,19H2/b24-18+. The first-order chi connectivity index (χ1) is 18.1. The third kappa shape index (κ3) is 4.58. The van der Waals surface area contributed by atoms with Crippen LogP contribution in [0.5, 0.6) is 0 Å². The summed E-state index contributed by atoms with van der Waals surface area (Å²) < 4.78 is 2.04. The van der Waals surface area contributed by atoms with Gasteiger partial charge in [-0.05, 0) is 47.7 Å². The van der Waals surface area contributed by atoms with Crippen molar-refractivity contribution in [2.45, 2.75) is 19.4 Å². The predicted octanol–water partition coefficient (Wildman–Crippen LogP) is 4.70. The Balaban J connectivity index is 1.37. The first-order valence-corrected chi connectivity index (χ1v) is 13.4. The van der Waals surface area contributed by atoms with Gasteiger partial charge in [-0.25, -0.2) is 4.98 Å². The van der Waals surface area contributed by atoms with Crippen molar-refractivity contribution in [1.82, 2.24) is 14.3 Å². The van der Waals surface area contributed by atoms with E-state index in [4.69, 9.17) is 17.2 Å². The number of benzene rings is 2. The number of anilines is 1. The van der Waals surface area contributed by atoms with Crippen molar-refractivity contribution in [3.63, 3.8) is 0 Å². The van der Waals surface area contributed by atoms with Crippen LogP contribution in [0.15, 0.2) is 88.7 Å². The first kappa shape index (κ1) is 23.6. The minimum atomic E-state index is -0.200. The van der Waals surface area contributed by atoms with Gasteiger partial charge in [-0.2, -0.15) is 0 Å². The van der Waals surface area contributed by atoms with Crippen LogP contribution < -0.4 is 10.5 Å². The molecule has 0 atom stereocenters. The van der Waals surface area contributed by atoms with E-state index in [0.717, 1.165) is 18.5 Å². The summed E-state index contributed by atoms with van der Waals surface area (Å²) in [6, 6.07) is 23.9. The van der Waals surface area contributed by atoms with E-state index in [9.17, 15) is 9.59 Å². The van der Waals surface area contributed by atoms with E-state index >= 15 is 0 Å². The molecule has 0 unspecified atom stereocenters. The Kier molecular flexibility index (Phi) is 6.36. The van der Waals surface area contributed by atoms with E-state index in [1.807, 2.05) is 48.5 Å². The van der Waals surface area contributed by atoms with Crippen LogP contribution in [-0.2, 0) is 24.2 Å². The third-order valence-electron chi connectivity index (χ3n) is 6.80. The molecule has 0 saturated carbocycles. The van der Waals surface area contributed by atoms with Gasteiger partial charge in [-0.15, -0.1) is 0 Å². The third-order valence-corrected chi connectivity index (χ3v) is 8.17. The maximum atomic E-state index is 13.7. The molecule has 2 aromatic heterocycles. The molecule has 0 spiro atoms. The molecule has 2 aliphatic rings. The van der Waals surface area contributed by atoms with Crippen molar-refractivity contribution in [3.8, 4) is 0 Å². The lowest BCUT2D eigenvalue weighted by molar-refractivity contribution is -0.122. The monoisotopic (exact) mass is 524 g/mol. The van der Waals surface area contributed by atoms with Crippen molar-refractivity contribution in [2.75, 3.05) is 18.0 Å². The smallest absolute Gasteiger partial charge is 0.267 e. The highest BCUT2D eigenvalue weighted by Gasteiger charge is 2.33. The quantitative estimate of drug-likeness (QED) is 0.279. The van der Waals surface area contributed by atoms with Crippen LogP contribution in [0.25, 0.3) is 11.7 Å². The largest absolute Gasteiger partial charge is 0.351 e. The van der Waals surface area contributed by atoms with Crippen molar-refractivity contribution >= 4 is 51.7 Å². The topological polar surface area (TPSA) is 57.9 Å². The van der Waals surface area contributed by atoms with Crippen molar-refractivity contribution < 1.29 is 4.79 Å². The molecule has 4 heterocycles. The Morgan fingerprint density at radius 2 is 1.70 bits per heavy atom. The Hall–Kier alpha value is -3.75. The van der Waals surface area contributed by atoms with Gasteiger partial charge in [0.25, 0.3) is 11.5 Å². The normalized spacial score (nSPS) is 16.6. The molecule has 1 saturated heterocycles. The summed E-state index contributed by atoms with van der Waals surface area (Å²) >= 11 is 6.80. The second kappa shape index (κ2) is 9.95. The number of fused-ring (bicyclic) bond motifs is 2. The first-order valence-electron chi connectivity index (χ1n) is 12.2. The van der Waals surface area contributed by atoms with Gasteiger partial charge in [0, 0.05) is 25.8 Å². The van der Waals surface area contributed by atoms with Gasteiger partial charge in [0.2, 0.25) is 0 Å². The van der Waals surface area contributed by atoms with Gasteiger partial charge in [-0.3, -0.25) is 18.9 Å². The van der Waals surface area contributed by atoms with Gasteiger partial charge in [0.15, 0.2) is 0 Å². The zero-order chi connectivity index (χ0) is 25.4. The average molecular weight is 525 g/mol. The molecule has 0 radical (unpaired) electrons. The SMILES string of the molecule is O=C1/C(=C\c2c(N3CCc4ccccc4C3)nc3ccccn3c2=O)SC(=S)N1CCc1ccccc1. The van der Waals surface area contributed by atoms with Crippen LogP contribution in [-0.4, -0.2) is 37.6 Å². The maximum Gasteiger partial charge on any atom is 0.267 e. The Morgan fingerprint density at radius 1 is 0.946 bits per heavy atom. The molecule has 4 aromatic rings. The van der Waals surface area contributed by atoms with Crippen LogP contribution >= 0.6 is 24.0 Å². The van der Waals surface area contributed by atoms with E-state index in [1.165, 1.54) is 27.3 Å². The number of hydrogen-bond donors (Lipinski definition) is 0. The number of aromatic nitrogens is 2. The minimum Gasteiger partial charge on any atom is -0.351 e. The van der Waals surface area contributed by atoms with Gasteiger partial charge < -0.3 is 4.90 Å². The summed E-state index contributed by atoms with van der Waals surface area (Å²) in [4.78, 5) is 36.2. The van der Waals surface area contributed by atoms with Crippen LogP contribution in [0.4, 0.5) is 5.82 Å². The molecule has 37 heavy (non-hydrogen) atoms.